The molecule has 0 bridgehead atoms. The number of aromatic nitrogens is 3. The van der Waals surface area contributed by atoms with Crippen LogP contribution in [-0.4, -0.2) is 29.2 Å². The van der Waals surface area contributed by atoms with Crippen molar-refractivity contribution in [2.45, 2.75) is 0 Å². The molecule has 21 heavy (non-hydrogen) atoms. The van der Waals surface area contributed by atoms with Crippen molar-refractivity contribution in [3.63, 3.8) is 0 Å². The van der Waals surface area contributed by atoms with Gasteiger partial charge in [0.05, 0.1) is 26.1 Å². The van der Waals surface area contributed by atoms with Crippen molar-refractivity contribution >= 4 is 0 Å². The maximum atomic E-state index is 5.22. The van der Waals surface area contributed by atoms with Crippen molar-refractivity contribution < 1.29 is 9.47 Å². The predicted molar refractivity (Wildman–Crippen MR) is 79.9 cm³/mol. The highest BCUT2D eigenvalue weighted by Crippen LogP contribution is 2.22. The molecule has 1 heterocycles. The molecule has 0 aliphatic carbocycles. The van der Waals surface area contributed by atoms with Crippen LogP contribution in [0.1, 0.15) is 0 Å². The van der Waals surface area contributed by atoms with Crippen molar-refractivity contribution in [2.24, 2.45) is 0 Å². The van der Waals surface area contributed by atoms with Gasteiger partial charge in [0.1, 0.15) is 17.2 Å². The minimum atomic E-state index is 0.796. The normalized spacial score (nSPS) is 10.4. The zero-order chi connectivity index (χ0) is 14.7. The lowest BCUT2D eigenvalue weighted by Gasteiger charge is -2.02. The molecule has 0 aliphatic rings. The van der Waals surface area contributed by atoms with Gasteiger partial charge in [0.25, 0.3) is 0 Å². The van der Waals surface area contributed by atoms with E-state index in [9.17, 15) is 0 Å². The van der Waals surface area contributed by atoms with E-state index >= 15 is 0 Å². The van der Waals surface area contributed by atoms with E-state index in [1.807, 2.05) is 48.5 Å². The molecule has 0 saturated carbocycles. The van der Waals surface area contributed by atoms with Gasteiger partial charge in [-0.3, -0.25) is 0 Å². The van der Waals surface area contributed by atoms with Gasteiger partial charge in [-0.25, -0.2) is 0 Å². The molecule has 5 heteroatoms. The van der Waals surface area contributed by atoms with E-state index in [1.165, 1.54) is 0 Å². The van der Waals surface area contributed by atoms with Crippen LogP contribution >= 0.6 is 0 Å². The van der Waals surface area contributed by atoms with Crippen LogP contribution in [0.15, 0.2) is 54.7 Å². The van der Waals surface area contributed by atoms with Gasteiger partial charge in [0, 0.05) is 5.56 Å². The minimum absolute atomic E-state index is 0.796. The third-order valence-corrected chi connectivity index (χ3v) is 3.16. The predicted octanol–water partition coefficient (Wildman–Crippen LogP) is 2.95. The molecular weight excluding hydrogens is 266 g/mol. The Morgan fingerprint density at radius 2 is 1.67 bits per heavy atom. The molecule has 0 atom stereocenters. The van der Waals surface area contributed by atoms with E-state index in [2.05, 4.69) is 10.2 Å². The van der Waals surface area contributed by atoms with Gasteiger partial charge >= 0.3 is 0 Å². The molecule has 0 amide bonds. The number of nitrogens with zero attached hydrogens (tertiary/aromatic N) is 3. The standard InChI is InChI=1S/C16H15N3O2/c1-20-14-8-6-13(7-9-14)19-17-11-16(18-19)12-4-3-5-15(10-12)21-2/h3-11H,1-2H3. The zero-order valence-corrected chi connectivity index (χ0v) is 11.9. The van der Waals surface area contributed by atoms with E-state index in [0.717, 1.165) is 28.4 Å². The van der Waals surface area contributed by atoms with Gasteiger partial charge < -0.3 is 9.47 Å². The Kier molecular flexibility index (Phi) is 3.55. The Bertz CT molecular complexity index is 735. The number of ether oxygens (including phenoxy) is 2. The van der Waals surface area contributed by atoms with Gasteiger partial charge in [0.15, 0.2) is 0 Å². The van der Waals surface area contributed by atoms with Crippen molar-refractivity contribution in [3.8, 4) is 28.4 Å². The van der Waals surface area contributed by atoms with Crippen molar-refractivity contribution in [1.29, 1.82) is 0 Å². The summed E-state index contributed by atoms with van der Waals surface area (Å²) in [6.07, 6.45) is 1.74. The largest absolute Gasteiger partial charge is 0.497 e. The second kappa shape index (κ2) is 5.66. The van der Waals surface area contributed by atoms with Crippen LogP contribution in [0.5, 0.6) is 11.5 Å². The molecular formula is C16H15N3O2. The number of methoxy groups -OCH3 is 2. The highest BCUT2D eigenvalue weighted by Gasteiger charge is 2.06. The Labute approximate surface area is 122 Å². The monoisotopic (exact) mass is 281 g/mol. The van der Waals surface area contributed by atoms with E-state index in [-0.39, 0.29) is 0 Å². The smallest absolute Gasteiger partial charge is 0.119 e. The molecule has 1 aromatic heterocycles. The van der Waals surface area contributed by atoms with Crippen LogP contribution in [0.4, 0.5) is 0 Å². The highest BCUT2D eigenvalue weighted by molar-refractivity contribution is 5.60. The molecule has 0 radical (unpaired) electrons. The van der Waals surface area contributed by atoms with E-state index < -0.39 is 0 Å². The topological polar surface area (TPSA) is 49.2 Å². The fourth-order valence-electron chi connectivity index (χ4n) is 2.02. The van der Waals surface area contributed by atoms with Crippen LogP contribution in [0.3, 0.4) is 0 Å². The van der Waals surface area contributed by atoms with E-state index in [4.69, 9.17) is 9.47 Å². The summed E-state index contributed by atoms with van der Waals surface area (Å²) in [5.74, 6) is 1.60. The SMILES string of the molecule is COc1ccc(-n2ncc(-c3cccc(OC)c3)n2)cc1. The van der Waals surface area contributed by atoms with Gasteiger partial charge in [-0.15, -0.1) is 5.10 Å². The molecule has 0 fully saturated rings. The molecule has 0 spiro atoms. The van der Waals surface area contributed by atoms with E-state index in [1.54, 1.807) is 25.2 Å². The van der Waals surface area contributed by atoms with Crippen molar-refractivity contribution in [3.05, 3.63) is 54.7 Å². The van der Waals surface area contributed by atoms with Crippen LogP contribution in [0.2, 0.25) is 0 Å². The van der Waals surface area contributed by atoms with Crippen LogP contribution < -0.4 is 9.47 Å². The second-order valence-corrected chi connectivity index (χ2v) is 4.45. The summed E-state index contributed by atoms with van der Waals surface area (Å²) < 4.78 is 10.4. The van der Waals surface area contributed by atoms with E-state index in [0.29, 0.717) is 0 Å². The molecule has 3 aromatic rings. The summed E-state index contributed by atoms with van der Waals surface area (Å²) in [7, 11) is 3.29. The lowest BCUT2D eigenvalue weighted by Crippen LogP contribution is -1.98. The zero-order valence-electron chi connectivity index (χ0n) is 11.9. The fourth-order valence-corrected chi connectivity index (χ4v) is 2.02. The van der Waals surface area contributed by atoms with Crippen LogP contribution in [0, 0.1) is 0 Å². The molecule has 3 rings (SSSR count). The average Bonchev–Trinajstić information content (AvgIpc) is 3.05. The van der Waals surface area contributed by atoms with Crippen LogP contribution in [0.25, 0.3) is 16.9 Å². The Hall–Kier alpha value is -2.82. The Morgan fingerprint density at radius 1 is 0.905 bits per heavy atom. The number of rotatable bonds is 4. The number of benzene rings is 2. The molecule has 0 unspecified atom stereocenters. The lowest BCUT2D eigenvalue weighted by atomic mass is 10.1. The Balaban J connectivity index is 1.91. The van der Waals surface area contributed by atoms with Crippen LogP contribution in [-0.2, 0) is 0 Å². The minimum Gasteiger partial charge on any atom is -0.497 e. The molecule has 0 N–H and O–H groups in total. The summed E-state index contributed by atoms with van der Waals surface area (Å²) in [5.41, 5.74) is 2.64. The summed E-state index contributed by atoms with van der Waals surface area (Å²) in [6, 6.07) is 15.3. The Morgan fingerprint density at radius 3 is 2.38 bits per heavy atom. The average molecular weight is 281 g/mol. The van der Waals surface area contributed by atoms with Gasteiger partial charge in [-0.2, -0.15) is 9.90 Å². The third-order valence-electron chi connectivity index (χ3n) is 3.16. The van der Waals surface area contributed by atoms with Gasteiger partial charge in [-0.05, 0) is 36.4 Å². The molecule has 0 aliphatic heterocycles. The second-order valence-electron chi connectivity index (χ2n) is 4.45. The maximum Gasteiger partial charge on any atom is 0.119 e. The maximum absolute atomic E-state index is 5.22. The lowest BCUT2D eigenvalue weighted by molar-refractivity contribution is 0.414. The van der Waals surface area contributed by atoms with Gasteiger partial charge in [-0.1, -0.05) is 12.1 Å². The van der Waals surface area contributed by atoms with Crippen molar-refractivity contribution in [2.75, 3.05) is 14.2 Å². The number of hydrogen-bond donors (Lipinski definition) is 0. The first-order chi connectivity index (χ1) is 10.3. The third kappa shape index (κ3) is 2.72. The highest BCUT2D eigenvalue weighted by atomic mass is 16.5. The van der Waals surface area contributed by atoms with Gasteiger partial charge in [0.2, 0.25) is 0 Å². The first kappa shape index (κ1) is 13.2. The first-order valence-electron chi connectivity index (χ1n) is 6.51. The fraction of sp³-hybridized carbons (Fsp3) is 0.125. The quantitative estimate of drug-likeness (QED) is 0.737. The number of hydrogen-bond acceptors (Lipinski definition) is 4. The molecule has 2 aromatic carbocycles. The molecule has 0 saturated heterocycles. The summed E-state index contributed by atoms with van der Waals surface area (Å²) in [6.45, 7) is 0. The summed E-state index contributed by atoms with van der Waals surface area (Å²) >= 11 is 0. The van der Waals surface area contributed by atoms with Crippen molar-refractivity contribution in [1.82, 2.24) is 15.0 Å². The summed E-state index contributed by atoms with van der Waals surface area (Å²) in [4.78, 5) is 1.59. The molecule has 5 nitrogen and oxygen atoms in total. The molecule has 106 valence electrons. The summed E-state index contributed by atoms with van der Waals surface area (Å²) in [5, 5.41) is 8.79. The first-order valence-corrected chi connectivity index (χ1v) is 6.51.